The average Bonchev–Trinajstić information content (AvgIpc) is 3.10. The fraction of sp³-hybridized carbons (Fsp3) is 0.158. The van der Waals surface area contributed by atoms with Gasteiger partial charge in [0, 0.05) is 39.6 Å². The first kappa shape index (κ1) is 17.5. The maximum absolute atomic E-state index is 12.2. The van der Waals surface area contributed by atoms with Gasteiger partial charge in [0.1, 0.15) is 5.01 Å². The minimum atomic E-state index is -1.11. The number of anilines is 1. The second kappa shape index (κ2) is 8.69. The summed E-state index contributed by atoms with van der Waals surface area (Å²) in [5, 5.41) is 5.66. The molecule has 4 nitrogen and oxygen atoms in total. The van der Waals surface area contributed by atoms with Crippen molar-refractivity contribution < 1.29 is 9.00 Å². The summed E-state index contributed by atoms with van der Waals surface area (Å²) in [6.45, 7) is 0. The molecule has 128 valence electrons. The highest BCUT2D eigenvalue weighted by Crippen LogP contribution is 2.23. The number of rotatable bonds is 7. The van der Waals surface area contributed by atoms with E-state index in [0.717, 1.165) is 22.0 Å². The Balaban J connectivity index is 1.48. The smallest absolute Gasteiger partial charge is 0.225 e. The number of carbonyl (C=O) groups excluding carboxylic acids is 1. The molecule has 0 aliphatic heterocycles. The van der Waals surface area contributed by atoms with Crippen LogP contribution in [0.3, 0.4) is 0 Å². The minimum absolute atomic E-state index is 0.122. The summed E-state index contributed by atoms with van der Waals surface area (Å²) in [5.41, 5.74) is 2.63. The molecule has 0 spiro atoms. The van der Waals surface area contributed by atoms with Crippen molar-refractivity contribution in [3.05, 3.63) is 71.7 Å². The van der Waals surface area contributed by atoms with Crippen molar-refractivity contribution in [2.24, 2.45) is 0 Å². The first-order valence-corrected chi connectivity index (χ1v) is 10.3. The summed E-state index contributed by atoms with van der Waals surface area (Å²) in [5.74, 6) is 0.585. The molecule has 0 unspecified atom stereocenters. The highest BCUT2D eigenvalue weighted by atomic mass is 32.2. The highest BCUT2D eigenvalue weighted by molar-refractivity contribution is 7.84. The normalized spacial score (nSPS) is 11.8. The van der Waals surface area contributed by atoms with Gasteiger partial charge in [0.25, 0.3) is 0 Å². The second-order valence-electron chi connectivity index (χ2n) is 5.46. The Kier molecular flexibility index (Phi) is 6.09. The molecule has 0 aliphatic rings. The van der Waals surface area contributed by atoms with Gasteiger partial charge in [-0.15, -0.1) is 11.3 Å². The van der Waals surface area contributed by atoms with Crippen LogP contribution in [0.4, 0.5) is 5.69 Å². The Labute approximate surface area is 153 Å². The number of nitrogens with one attached hydrogen (secondary N) is 1. The van der Waals surface area contributed by atoms with Crippen molar-refractivity contribution in [3.63, 3.8) is 0 Å². The van der Waals surface area contributed by atoms with E-state index in [9.17, 15) is 9.00 Å². The summed E-state index contributed by atoms with van der Waals surface area (Å²) in [7, 11) is -1.11. The standard InChI is InChI=1S/C19H18N2O2S2/c22-18(20-16-9-5-2-6-10-16)11-12-25(23)14-17-13-24-19(21-17)15-7-3-1-4-8-15/h1-10,13H,11-12,14H2,(H,20,22)/t25-/m0/s1. The van der Waals surface area contributed by atoms with Crippen molar-refractivity contribution in [2.45, 2.75) is 12.2 Å². The Morgan fingerprint density at radius 3 is 2.44 bits per heavy atom. The third-order valence-electron chi connectivity index (χ3n) is 3.50. The second-order valence-corrected chi connectivity index (χ2v) is 7.90. The lowest BCUT2D eigenvalue weighted by molar-refractivity contribution is -0.115. The van der Waals surface area contributed by atoms with E-state index in [0.29, 0.717) is 11.5 Å². The van der Waals surface area contributed by atoms with Crippen LogP contribution in [0.5, 0.6) is 0 Å². The number of hydrogen-bond acceptors (Lipinski definition) is 4. The fourth-order valence-electron chi connectivity index (χ4n) is 2.28. The number of nitrogens with zero attached hydrogens (tertiary/aromatic N) is 1. The number of amides is 1. The molecule has 1 N–H and O–H groups in total. The topological polar surface area (TPSA) is 59.1 Å². The lowest BCUT2D eigenvalue weighted by Gasteiger charge is -2.04. The third-order valence-corrected chi connectivity index (χ3v) is 5.71. The largest absolute Gasteiger partial charge is 0.326 e. The molecule has 25 heavy (non-hydrogen) atoms. The van der Waals surface area contributed by atoms with Gasteiger partial charge in [-0.1, -0.05) is 48.5 Å². The Morgan fingerprint density at radius 1 is 1.04 bits per heavy atom. The molecule has 6 heteroatoms. The van der Waals surface area contributed by atoms with Gasteiger partial charge in [-0.3, -0.25) is 9.00 Å². The van der Waals surface area contributed by atoms with Crippen LogP contribution < -0.4 is 5.32 Å². The van der Waals surface area contributed by atoms with Crippen molar-refractivity contribution in [3.8, 4) is 10.6 Å². The highest BCUT2D eigenvalue weighted by Gasteiger charge is 2.10. The molecule has 0 bridgehead atoms. The Bertz CT molecular complexity index is 848. The molecular weight excluding hydrogens is 352 g/mol. The van der Waals surface area contributed by atoms with Gasteiger partial charge in [0.05, 0.1) is 11.4 Å². The third kappa shape index (κ3) is 5.34. The van der Waals surface area contributed by atoms with Crippen molar-refractivity contribution >= 4 is 33.7 Å². The molecule has 1 atom stereocenters. The predicted molar refractivity (Wildman–Crippen MR) is 104 cm³/mol. The van der Waals surface area contributed by atoms with Gasteiger partial charge in [-0.25, -0.2) is 4.98 Å². The zero-order valence-corrected chi connectivity index (χ0v) is 15.2. The van der Waals surface area contributed by atoms with Gasteiger partial charge in [-0.2, -0.15) is 0 Å². The van der Waals surface area contributed by atoms with Crippen molar-refractivity contribution in [2.75, 3.05) is 11.1 Å². The summed E-state index contributed by atoms with van der Waals surface area (Å²) in [4.78, 5) is 16.4. The molecular formula is C19H18N2O2S2. The van der Waals surface area contributed by atoms with E-state index in [-0.39, 0.29) is 12.3 Å². The van der Waals surface area contributed by atoms with Crippen LogP contribution in [0.2, 0.25) is 0 Å². The predicted octanol–water partition coefficient (Wildman–Crippen LogP) is 4.09. The molecule has 1 amide bonds. The number of hydrogen-bond donors (Lipinski definition) is 1. The maximum atomic E-state index is 12.2. The first-order valence-electron chi connectivity index (χ1n) is 7.90. The fourth-order valence-corrected chi connectivity index (χ4v) is 4.24. The zero-order valence-electron chi connectivity index (χ0n) is 13.6. The van der Waals surface area contributed by atoms with E-state index in [1.807, 2.05) is 66.0 Å². The van der Waals surface area contributed by atoms with Crippen LogP contribution >= 0.6 is 11.3 Å². The molecule has 0 aliphatic carbocycles. The van der Waals surface area contributed by atoms with E-state index in [4.69, 9.17) is 0 Å². The van der Waals surface area contributed by atoms with Crippen LogP contribution in [-0.2, 0) is 21.3 Å². The van der Waals surface area contributed by atoms with E-state index in [1.54, 1.807) is 11.3 Å². The number of thiazole rings is 1. The molecule has 3 aromatic rings. The van der Waals surface area contributed by atoms with Crippen LogP contribution in [-0.4, -0.2) is 20.9 Å². The first-order chi connectivity index (χ1) is 12.2. The molecule has 1 aromatic heterocycles. The van der Waals surface area contributed by atoms with Crippen LogP contribution in [0, 0.1) is 0 Å². The van der Waals surface area contributed by atoms with Gasteiger partial charge >= 0.3 is 0 Å². The molecule has 3 rings (SSSR count). The quantitative estimate of drug-likeness (QED) is 0.681. The minimum Gasteiger partial charge on any atom is -0.326 e. The van der Waals surface area contributed by atoms with Crippen molar-refractivity contribution in [1.82, 2.24) is 4.98 Å². The molecule has 0 saturated heterocycles. The average molecular weight is 370 g/mol. The Morgan fingerprint density at radius 2 is 1.72 bits per heavy atom. The SMILES string of the molecule is O=C(CC[S@](=O)Cc1csc(-c2ccccc2)n1)Nc1ccccc1. The zero-order chi connectivity index (χ0) is 17.5. The summed E-state index contributed by atoms with van der Waals surface area (Å²) < 4.78 is 12.2. The molecule has 0 radical (unpaired) electrons. The maximum Gasteiger partial charge on any atom is 0.225 e. The number of aromatic nitrogens is 1. The van der Waals surface area contributed by atoms with E-state index >= 15 is 0 Å². The van der Waals surface area contributed by atoms with Gasteiger partial charge < -0.3 is 5.32 Å². The van der Waals surface area contributed by atoms with Crippen LogP contribution in [0.1, 0.15) is 12.1 Å². The lowest BCUT2D eigenvalue weighted by atomic mass is 10.2. The van der Waals surface area contributed by atoms with E-state index < -0.39 is 10.8 Å². The summed E-state index contributed by atoms with van der Waals surface area (Å²) in [6, 6.07) is 19.2. The van der Waals surface area contributed by atoms with E-state index in [1.165, 1.54) is 0 Å². The number of benzene rings is 2. The van der Waals surface area contributed by atoms with Gasteiger partial charge in [0.2, 0.25) is 5.91 Å². The lowest BCUT2D eigenvalue weighted by Crippen LogP contribution is -2.15. The van der Waals surface area contributed by atoms with Crippen molar-refractivity contribution in [1.29, 1.82) is 0 Å². The molecule has 2 aromatic carbocycles. The molecule has 0 fully saturated rings. The Hall–Kier alpha value is -2.31. The monoisotopic (exact) mass is 370 g/mol. The molecule has 1 heterocycles. The van der Waals surface area contributed by atoms with Crippen LogP contribution in [0.25, 0.3) is 10.6 Å². The summed E-state index contributed by atoms with van der Waals surface area (Å²) >= 11 is 1.55. The number of para-hydroxylation sites is 1. The van der Waals surface area contributed by atoms with Gasteiger partial charge in [-0.05, 0) is 12.1 Å². The summed E-state index contributed by atoms with van der Waals surface area (Å²) in [6.07, 6.45) is 0.233. The number of carbonyl (C=O) groups is 1. The molecule has 0 saturated carbocycles. The van der Waals surface area contributed by atoms with Crippen LogP contribution in [0.15, 0.2) is 66.0 Å². The van der Waals surface area contributed by atoms with E-state index in [2.05, 4.69) is 10.3 Å². The van der Waals surface area contributed by atoms with Gasteiger partial charge in [0.15, 0.2) is 0 Å².